The largest absolute Gasteiger partial charge is 0.479 e. The highest BCUT2D eigenvalue weighted by atomic mass is 16.6. The van der Waals surface area contributed by atoms with Crippen LogP contribution in [0, 0.1) is 5.92 Å². The predicted octanol–water partition coefficient (Wildman–Crippen LogP) is 1.53. The summed E-state index contributed by atoms with van der Waals surface area (Å²) in [5.41, 5.74) is -2.17. The van der Waals surface area contributed by atoms with E-state index < -0.39 is 47.1 Å². The van der Waals surface area contributed by atoms with Crippen LogP contribution >= 0.6 is 0 Å². The molecular weight excluding hydrogens is 430 g/mol. The fourth-order valence-corrected chi connectivity index (χ4v) is 4.38. The molecule has 3 N–H and O–H groups in total. The third-order valence-electron chi connectivity index (χ3n) is 6.19. The third kappa shape index (κ3) is 5.91. The van der Waals surface area contributed by atoms with Crippen molar-refractivity contribution < 1.29 is 33.8 Å². The molecule has 4 atom stereocenters. The molecule has 1 saturated carbocycles. The van der Waals surface area contributed by atoms with Gasteiger partial charge < -0.3 is 25.4 Å². The van der Waals surface area contributed by atoms with Gasteiger partial charge in [-0.1, -0.05) is 25.0 Å². The van der Waals surface area contributed by atoms with Gasteiger partial charge >= 0.3 is 12.1 Å². The van der Waals surface area contributed by atoms with Gasteiger partial charge in [-0.25, -0.2) is 9.59 Å². The van der Waals surface area contributed by atoms with Gasteiger partial charge in [0.2, 0.25) is 11.8 Å². The minimum Gasteiger partial charge on any atom is -0.479 e. The van der Waals surface area contributed by atoms with Crippen molar-refractivity contribution in [2.45, 2.75) is 88.9 Å². The predicted molar refractivity (Wildman–Crippen MR) is 117 cm³/mol. The van der Waals surface area contributed by atoms with E-state index in [1.165, 1.54) is 0 Å². The molecule has 1 aliphatic carbocycles. The quantitative estimate of drug-likeness (QED) is 0.527. The van der Waals surface area contributed by atoms with Crippen molar-refractivity contribution in [3.63, 3.8) is 0 Å². The summed E-state index contributed by atoms with van der Waals surface area (Å²) in [6, 6.07) is -2.07. The van der Waals surface area contributed by atoms with Gasteiger partial charge in [-0.2, -0.15) is 0 Å². The van der Waals surface area contributed by atoms with Gasteiger partial charge in [-0.05, 0) is 46.5 Å². The lowest BCUT2D eigenvalue weighted by Gasteiger charge is -2.29. The van der Waals surface area contributed by atoms with E-state index in [4.69, 9.17) is 4.74 Å². The van der Waals surface area contributed by atoms with Crippen LogP contribution in [-0.4, -0.2) is 69.4 Å². The number of fused-ring (bicyclic) bond motifs is 2. The molecule has 2 aliphatic heterocycles. The number of amides is 3. The molecule has 0 unspecified atom stereocenters. The molecule has 0 bridgehead atoms. The molecule has 2 fully saturated rings. The Kier molecular flexibility index (Phi) is 7.14. The second kappa shape index (κ2) is 9.52. The van der Waals surface area contributed by atoms with E-state index in [0.29, 0.717) is 12.8 Å². The summed E-state index contributed by atoms with van der Waals surface area (Å²) in [6.07, 6.45) is 6.46. The first-order valence-corrected chi connectivity index (χ1v) is 11.5. The molecule has 0 aromatic rings. The van der Waals surface area contributed by atoms with Crippen LogP contribution in [0.1, 0.15) is 65.7 Å². The standard InChI is InChI=1S/C23H33N3O7/c1-22(2,3)33-21(32)24-16-10-8-6-4-5-7-9-14-12-23(14,20(30)31)25-18(28)17-11-15(27)13-26(17)19(16)29/h7,9,14,16-17H,4-6,8,10-13H2,1-3H3,(H,24,32)(H,25,28)(H,30,31)/t14-,16+,17+,23-/m1/s1. The molecule has 182 valence electrons. The minimum absolute atomic E-state index is 0.188. The summed E-state index contributed by atoms with van der Waals surface area (Å²) in [5.74, 6) is -2.97. The number of Topliss-reactive ketones (excluding diaryl/α,β-unsaturated/α-hetero) is 1. The Balaban J connectivity index is 1.84. The van der Waals surface area contributed by atoms with E-state index in [-0.39, 0.29) is 31.1 Å². The van der Waals surface area contributed by atoms with Crippen LogP contribution in [0.4, 0.5) is 4.79 Å². The van der Waals surface area contributed by atoms with Gasteiger partial charge in [0.25, 0.3) is 0 Å². The van der Waals surface area contributed by atoms with Crippen molar-refractivity contribution in [2.75, 3.05) is 6.54 Å². The van der Waals surface area contributed by atoms with E-state index in [9.17, 15) is 29.1 Å². The number of nitrogens with zero attached hydrogens (tertiary/aromatic N) is 1. The number of ether oxygens (including phenoxy) is 1. The lowest BCUT2D eigenvalue weighted by atomic mass is 10.0. The molecule has 3 aliphatic rings. The molecule has 3 rings (SSSR count). The maximum Gasteiger partial charge on any atom is 0.408 e. The van der Waals surface area contributed by atoms with Crippen LogP contribution in [0.3, 0.4) is 0 Å². The number of allylic oxidation sites excluding steroid dienone is 1. The van der Waals surface area contributed by atoms with Crippen molar-refractivity contribution >= 4 is 29.7 Å². The third-order valence-corrected chi connectivity index (χ3v) is 6.19. The van der Waals surface area contributed by atoms with Crippen LogP contribution in [-0.2, 0) is 23.9 Å². The average molecular weight is 464 g/mol. The second-order valence-electron chi connectivity index (χ2n) is 10.1. The number of hydrogen-bond acceptors (Lipinski definition) is 6. The number of carboxylic acid groups (broad SMARTS) is 1. The molecule has 0 aromatic carbocycles. The van der Waals surface area contributed by atoms with Gasteiger partial charge in [0, 0.05) is 12.3 Å². The summed E-state index contributed by atoms with van der Waals surface area (Å²) in [6.45, 7) is 4.87. The molecule has 10 heteroatoms. The zero-order chi connectivity index (χ0) is 24.4. The van der Waals surface area contributed by atoms with Gasteiger partial charge in [0.1, 0.15) is 23.2 Å². The number of rotatable bonds is 2. The number of hydrogen-bond donors (Lipinski definition) is 3. The topological polar surface area (TPSA) is 142 Å². The SMILES string of the molecule is CC(C)(C)OC(=O)N[C@H]1CCCCCC=C[C@@H]2C[C@@]2(C(=O)O)NC(=O)[C@@H]2CC(=O)CN2C1=O. The van der Waals surface area contributed by atoms with Crippen molar-refractivity contribution in [3.8, 4) is 0 Å². The molecule has 1 saturated heterocycles. The first-order valence-electron chi connectivity index (χ1n) is 11.5. The highest BCUT2D eigenvalue weighted by Gasteiger charge is 2.61. The first-order chi connectivity index (χ1) is 15.4. The fourth-order valence-electron chi connectivity index (χ4n) is 4.38. The van der Waals surface area contributed by atoms with E-state index >= 15 is 0 Å². The zero-order valence-corrected chi connectivity index (χ0v) is 19.4. The number of nitrogens with one attached hydrogen (secondary N) is 2. The Labute approximate surface area is 193 Å². The monoisotopic (exact) mass is 463 g/mol. The summed E-state index contributed by atoms with van der Waals surface area (Å²) in [7, 11) is 0. The highest BCUT2D eigenvalue weighted by Crippen LogP contribution is 2.45. The van der Waals surface area contributed by atoms with Crippen molar-refractivity contribution in [2.24, 2.45) is 5.92 Å². The van der Waals surface area contributed by atoms with Crippen molar-refractivity contribution in [1.82, 2.24) is 15.5 Å². The Bertz CT molecular complexity index is 863. The smallest absolute Gasteiger partial charge is 0.408 e. The van der Waals surface area contributed by atoms with E-state index in [1.807, 2.05) is 12.2 Å². The van der Waals surface area contributed by atoms with Crippen LogP contribution < -0.4 is 10.6 Å². The maximum atomic E-state index is 13.4. The average Bonchev–Trinajstić information content (AvgIpc) is 3.25. The number of carbonyl (C=O) groups excluding carboxylic acids is 4. The summed E-state index contributed by atoms with van der Waals surface area (Å²) < 4.78 is 5.29. The Morgan fingerprint density at radius 1 is 1.21 bits per heavy atom. The zero-order valence-electron chi connectivity index (χ0n) is 19.4. The van der Waals surface area contributed by atoms with E-state index in [0.717, 1.165) is 24.2 Å². The van der Waals surface area contributed by atoms with E-state index in [1.54, 1.807) is 20.8 Å². The number of carboxylic acids is 1. The molecule has 10 nitrogen and oxygen atoms in total. The highest BCUT2D eigenvalue weighted by molar-refractivity contribution is 6.02. The number of aliphatic carboxylic acids is 1. The van der Waals surface area contributed by atoms with Crippen LogP contribution in [0.2, 0.25) is 0 Å². The molecule has 0 spiro atoms. The van der Waals surface area contributed by atoms with E-state index in [2.05, 4.69) is 10.6 Å². The van der Waals surface area contributed by atoms with Gasteiger partial charge in [0.05, 0.1) is 6.54 Å². The van der Waals surface area contributed by atoms with Crippen molar-refractivity contribution in [1.29, 1.82) is 0 Å². The minimum atomic E-state index is -1.41. The summed E-state index contributed by atoms with van der Waals surface area (Å²) >= 11 is 0. The number of carbonyl (C=O) groups is 5. The van der Waals surface area contributed by atoms with Crippen LogP contribution in [0.15, 0.2) is 12.2 Å². The number of alkyl carbamates (subject to hydrolysis) is 1. The Hall–Kier alpha value is -2.91. The second-order valence-corrected chi connectivity index (χ2v) is 10.1. The molecular formula is C23H33N3O7. The van der Waals surface area contributed by atoms with Gasteiger partial charge in [-0.3, -0.25) is 14.4 Å². The lowest BCUT2D eigenvalue weighted by Crippen LogP contribution is -2.56. The fraction of sp³-hybridized carbons (Fsp3) is 0.696. The Morgan fingerprint density at radius 2 is 1.94 bits per heavy atom. The molecule has 2 heterocycles. The van der Waals surface area contributed by atoms with Crippen LogP contribution in [0.25, 0.3) is 0 Å². The molecule has 0 radical (unpaired) electrons. The van der Waals surface area contributed by atoms with Gasteiger partial charge in [-0.15, -0.1) is 0 Å². The lowest BCUT2D eigenvalue weighted by molar-refractivity contribution is -0.145. The number of ketones is 1. The maximum absolute atomic E-state index is 13.4. The summed E-state index contributed by atoms with van der Waals surface area (Å²) in [4.78, 5) is 64.0. The molecule has 0 aromatic heterocycles. The first kappa shape index (κ1) is 24.7. The Morgan fingerprint density at radius 3 is 2.61 bits per heavy atom. The van der Waals surface area contributed by atoms with Gasteiger partial charge in [0.15, 0.2) is 5.78 Å². The van der Waals surface area contributed by atoms with Crippen LogP contribution in [0.5, 0.6) is 0 Å². The molecule has 33 heavy (non-hydrogen) atoms. The summed E-state index contributed by atoms with van der Waals surface area (Å²) in [5, 5.41) is 14.9. The van der Waals surface area contributed by atoms with Crippen molar-refractivity contribution in [3.05, 3.63) is 12.2 Å². The molecule has 3 amide bonds. The normalized spacial score (nSPS) is 30.9.